The molecule has 2 rings (SSSR count). The van der Waals surface area contributed by atoms with E-state index in [1.165, 1.54) is 0 Å². The van der Waals surface area contributed by atoms with Gasteiger partial charge < -0.3 is 10.1 Å². The number of benzene rings is 1. The Morgan fingerprint density at radius 1 is 1.33 bits per heavy atom. The van der Waals surface area contributed by atoms with Gasteiger partial charge in [-0.15, -0.1) is 0 Å². The molecule has 1 fully saturated rings. The summed E-state index contributed by atoms with van der Waals surface area (Å²) in [6, 6.07) is 5.74. The molecule has 1 N–H and O–H groups in total. The number of hydrogen-bond acceptors (Lipinski definition) is 2. The van der Waals surface area contributed by atoms with Gasteiger partial charge in [0.05, 0.1) is 12.5 Å². The van der Waals surface area contributed by atoms with Gasteiger partial charge in [-0.25, -0.2) is 0 Å². The van der Waals surface area contributed by atoms with Gasteiger partial charge >= 0.3 is 0 Å². The van der Waals surface area contributed by atoms with Crippen molar-refractivity contribution in [2.24, 2.45) is 16.7 Å². The topological polar surface area (TPSA) is 38.3 Å². The second-order valence-corrected chi connectivity index (χ2v) is 8.33. The summed E-state index contributed by atoms with van der Waals surface area (Å²) in [6.45, 7) is 14.8. The first-order valence-corrected chi connectivity index (χ1v) is 8.70. The molecule has 0 aliphatic heterocycles. The van der Waals surface area contributed by atoms with Crippen LogP contribution in [0.2, 0.25) is 0 Å². The van der Waals surface area contributed by atoms with Gasteiger partial charge in [-0.1, -0.05) is 32.9 Å². The lowest BCUT2D eigenvalue weighted by atomic mass is 9.57. The minimum absolute atomic E-state index is 0.0940. The van der Waals surface area contributed by atoms with Crippen LogP contribution in [-0.2, 0) is 4.79 Å². The SMILES string of the molecule is C=C(C)C1CCC(C)(C)C[C@]1(C)C(=O)Nc1ccc(OC)cc1C. The molecular formula is C21H31NO2. The second-order valence-electron chi connectivity index (χ2n) is 8.33. The fourth-order valence-electron chi connectivity index (χ4n) is 4.26. The third kappa shape index (κ3) is 3.66. The van der Waals surface area contributed by atoms with Crippen molar-refractivity contribution >= 4 is 11.6 Å². The first-order valence-electron chi connectivity index (χ1n) is 8.70. The molecule has 0 saturated heterocycles. The van der Waals surface area contributed by atoms with Crippen molar-refractivity contribution in [2.45, 2.75) is 53.9 Å². The van der Waals surface area contributed by atoms with E-state index < -0.39 is 5.41 Å². The molecule has 132 valence electrons. The monoisotopic (exact) mass is 329 g/mol. The molecule has 0 radical (unpaired) electrons. The summed E-state index contributed by atoms with van der Waals surface area (Å²) in [7, 11) is 1.65. The molecule has 1 aliphatic rings. The van der Waals surface area contributed by atoms with Crippen LogP contribution in [0.3, 0.4) is 0 Å². The smallest absolute Gasteiger partial charge is 0.230 e. The number of rotatable bonds is 4. The maximum absolute atomic E-state index is 13.2. The van der Waals surface area contributed by atoms with Crippen LogP contribution in [0.1, 0.15) is 52.5 Å². The molecule has 1 aromatic carbocycles. The van der Waals surface area contributed by atoms with Crippen molar-refractivity contribution in [3.8, 4) is 5.75 Å². The number of methoxy groups -OCH3 is 1. The normalized spacial score (nSPS) is 25.8. The van der Waals surface area contributed by atoms with Crippen LogP contribution in [0.15, 0.2) is 30.4 Å². The Labute approximate surface area is 146 Å². The highest BCUT2D eigenvalue weighted by Crippen LogP contribution is 2.52. The molecule has 3 nitrogen and oxygen atoms in total. The first kappa shape index (κ1) is 18.6. The van der Waals surface area contributed by atoms with E-state index in [-0.39, 0.29) is 17.2 Å². The number of ether oxygens (including phenoxy) is 1. The Balaban J connectivity index is 2.29. The van der Waals surface area contributed by atoms with Crippen molar-refractivity contribution in [1.29, 1.82) is 0 Å². The highest BCUT2D eigenvalue weighted by molar-refractivity contribution is 5.96. The van der Waals surface area contributed by atoms with Crippen molar-refractivity contribution in [3.63, 3.8) is 0 Å². The van der Waals surface area contributed by atoms with E-state index in [0.717, 1.165) is 41.8 Å². The molecule has 0 spiro atoms. The molecular weight excluding hydrogens is 298 g/mol. The summed E-state index contributed by atoms with van der Waals surface area (Å²) in [5, 5.41) is 3.16. The lowest BCUT2D eigenvalue weighted by molar-refractivity contribution is -0.131. The van der Waals surface area contributed by atoms with E-state index in [0.29, 0.717) is 0 Å². The lowest BCUT2D eigenvalue weighted by Crippen LogP contribution is -2.47. The Morgan fingerprint density at radius 2 is 2.00 bits per heavy atom. The number of amides is 1. The van der Waals surface area contributed by atoms with Crippen LogP contribution < -0.4 is 10.1 Å². The van der Waals surface area contributed by atoms with Gasteiger partial charge in [0.2, 0.25) is 5.91 Å². The number of nitrogens with one attached hydrogen (secondary N) is 1. The third-order valence-corrected chi connectivity index (χ3v) is 5.52. The zero-order chi connectivity index (χ0) is 18.1. The van der Waals surface area contributed by atoms with Gasteiger partial charge in [-0.2, -0.15) is 0 Å². The minimum atomic E-state index is -0.431. The summed E-state index contributed by atoms with van der Waals surface area (Å²) in [5.74, 6) is 1.12. The summed E-state index contributed by atoms with van der Waals surface area (Å²) < 4.78 is 5.24. The van der Waals surface area contributed by atoms with Gasteiger partial charge in [0.1, 0.15) is 5.75 Å². The van der Waals surface area contributed by atoms with E-state index in [1.807, 2.05) is 32.0 Å². The highest BCUT2D eigenvalue weighted by atomic mass is 16.5. The average molecular weight is 329 g/mol. The Kier molecular flexibility index (Phi) is 5.12. The zero-order valence-electron chi connectivity index (χ0n) is 16.0. The number of hydrogen-bond donors (Lipinski definition) is 1. The maximum Gasteiger partial charge on any atom is 0.230 e. The zero-order valence-corrected chi connectivity index (χ0v) is 16.0. The Bertz CT molecular complexity index is 647. The van der Waals surface area contributed by atoms with Crippen molar-refractivity contribution in [2.75, 3.05) is 12.4 Å². The van der Waals surface area contributed by atoms with Crippen LogP contribution >= 0.6 is 0 Å². The minimum Gasteiger partial charge on any atom is -0.497 e. The van der Waals surface area contributed by atoms with Gasteiger partial charge in [0, 0.05) is 5.69 Å². The van der Waals surface area contributed by atoms with Crippen LogP contribution in [-0.4, -0.2) is 13.0 Å². The van der Waals surface area contributed by atoms with E-state index in [9.17, 15) is 4.79 Å². The molecule has 1 unspecified atom stereocenters. The molecule has 0 aromatic heterocycles. The van der Waals surface area contributed by atoms with E-state index in [2.05, 4.69) is 32.7 Å². The highest BCUT2D eigenvalue weighted by Gasteiger charge is 2.48. The molecule has 0 heterocycles. The number of carbonyl (C=O) groups excluding carboxylic acids is 1. The lowest BCUT2D eigenvalue weighted by Gasteiger charge is -2.47. The molecule has 1 amide bonds. The van der Waals surface area contributed by atoms with Crippen molar-refractivity contribution < 1.29 is 9.53 Å². The van der Waals surface area contributed by atoms with Crippen LogP contribution in [0, 0.1) is 23.7 Å². The van der Waals surface area contributed by atoms with Gasteiger partial charge in [0.25, 0.3) is 0 Å². The van der Waals surface area contributed by atoms with Gasteiger partial charge in [-0.3, -0.25) is 4.79 Å². The number of aryl methyl sites for hydroxylation is 1. The van der Waals surface area contributed by atoms with Gasteiger partial charge in [0.15, 0.2) is 0 Å². The Hall–Kier alpha value is -1.77. The van der Waals surface area contributed by atoms with Crippen molar-refractivity contribution in [3.05, 3.63) is 35.9 Å². The molecule has 1 saturated carbocycles. The molecule has 1 aromatic rings. The first-order chi connectivity index (χ1) is 11.1. The largest absolute Gasteiger partial charge is 0.497 e. The standard InChI is InChI=1S/C21H31NO2/c1-14(2)17-10-11-20(4,5)13-21(17,6)19(23)22-18-9-8-16(24-7)12-15(18)3/h8-9,12,17H,1,10-11,13H2,2-7H3,(H,22,23)/t17?,21-/m0/s1. The predicted octanol–water partition coefficient (Wildman–Crippen LogP) is 5.35. The molecule has 3 heteroatoms. The van der Waals surface area contributed by atoms with E-state index in [4.69, 9.17) is 4.74 Å². The Morgan fingerprint density at radius 3 is 2.54 bits per heavy atom. The second kappa shape index (κ2) is 6.62. The number of allylic oxidation sites excluding steroid dienone is 1. The third-order valence-electron chi connectivity index (χ3n) is 5.52. The van der Waals surface area contributed by atoms with Crippen LogP contribution in [0.5, 0.6) is 5.75 Å². The van der Waals surface area contributed by atoms with E-state index in [1.54, 1.807) is 7.11 Å². The summed E-state index contributed by atoms with van der Waals surface area (Å²) in [6.07, 6.45) is 3.03. The quantitative estimate of drug-likeness (QED) is 0.756. The van der Waals surface area contributed by atoms with E-state index >= 15 is 0 Å². The maximum atomic E-state index is 13.2. The summed E-state index contributed by atoms with van der Waals surface area (Å²) in [5.41, 5.74) is 2.71. The molecule has 2 atom stereocenters. The van der Waals surface area contributed by atoms with Crippen molar-refractivity contribution in [1.82, 2.24) is 0 Å². The van der Waals surface area contributed by atoms with Crippen LogP contribution in [0.25, 0.3) is 0 Å². The van der Waals surface area contributed by atoms with Crippen LogP contribution in [0.4, 0.5) is 5.69 Å². The fraction of sp³-hybridized carbons (Fsp3) is 0.571. The molecule has 0 bridgehead atoms. The van der Waals surface area contributed by atoms with Gasteiger partial charge in [-0.05, 0) is 68.2 Å². The molecule has 24 heavy (non-hydrogen) atoms. The summed E-state index contributed by atoms with van der Waals surface area (Å²) >= 11 is 0. The summed E-state index contributed by atoms with van der Waals surface area (Å²) in [4.78, 5) is 13.2. The number of carbonyl (C=O) groups is 1. The molecule has 1 aliphatic carbocycles. The fourth-order valence-corrected chi connectivity index (χ4v) is 4.26. The predicted molar refractivity (Wildman–Crippen MR) is 100 cm³/mol. The average Bonchev–Trinajstić information content (AvgIpc) is 2.47. The number of anilines is 1.